The van der Waals surface area contributed by atoms with E-state index < -0.39 is 47.8 Å². The van der Waals surface area contributed by atoms with Crippen LogP contribution in [-0.2, 0) is 24.0 Å². The van der Waals surface area contributed by atoms with Gasteiger partial charge in [0.1, 0.15) is 12.1 Å². The highest BCUT2D eigenvalue weighted by molar-refractivity contribution is 5.92. The number of nitrogens with two attached hydrogens (primary N) is 1. The van der Waals surface area contributed by atoms with Crippen LogP contribution in [0.5, 0.6) is 0 Å². The number of carboxylic acids is 2. The summed E-state index contributed by atoms with van der Waals surface area (Å²) in [5.74, 6) is -3.85. The number of amides is 3. The first-order chi connectivity index (χ1) is 13.5. The van der Waals surface area contributed by atoms with Gasteiger partial charge in [-0.15, -0.1) is 0 Å². The van der Waals surface area contributed by atoms with Crippen LogP contribution in [0.3, 0.4) is 0 Å². The lowest BCUT2D eigenvalue weighted by Crippen LogP contribution is -2.53. The van der Waals surface area contributed by atoms with Crippen molar-refractivity contribution in [1.82, 2.24) is 15.5 Å². The molecule has 11 nitrogen and oxygen atoms in total. The van der Waals surface area contributed by atoms with E-state index >= 15 is 0 Å². The first-order valence-corrected chi connectivity index (χ1v) is 9.60. The van der Waals surface area contributed by atoms with Crippen molar-refractivity contribution in [3.8, 4) is 0 Å². The van der Waals surface area contributed by atoms with Crippen LogP contribution >= 0.6 is 0 Å². The average molecular weight is 414 g/mol. The molecule has 1 rings (SSSR count). The number of likely N-dealkylation sites (tertiary alicyclic amines) is 1. The standard InChI is InChI=1S/C18H30N4O7/c1-10(2)8-12(21-16(26)11(19)5-6-15(24)25)17(27)20-9-14(23)22-7-3-4-13(22)18(28)29/h10-13H,3-9,19H2,1-2H3,(H,20,27)(H,21,26)(H,24,25)(H,28,29)/t11-,12-,13-/m0/s1. The van der Waals surface area contributed by atoms with Gasteiger partial charge in [-0.1, -0.05) is 13.8 Å². The molecule has 3 atom stereocenters. The van der Waals surface area contributed by atoms with Gasteiger partial charge in [0.15, 0.2) is 0 Å². The molecule has 0 saturated carbocycles. The van der Waals surface area contributed by atoms with Crippen LogP contribution in [0.4, 0.5) is 0 Å². The number of aliphatic carboxylic acids is 2. The maximum Gasteiger partial charge on any atom is 0.326 e. The van der Waals surface area contributed by atoms with E-state index in [1.807, 2.05) is 13.8 Å². The normalized spacial score (nSPS) is 18.2. The zero-order valence-corrected chi connectivity index (χ0v) is 16.7. The molecule has 1 aliphatic rings. The van der Waals surface area contributed by atoms with Crippen molar-refractivity contribution < 1.29 is 34.2 Å². The smallest absolute Gasteiger partial charge is 0.326 e. The number of hydrogen-bond donors (Lipinski definition) is 5. The van der Waals surface area contributed by atoms with E-state index in [4.69, 9.17) is 15.9 Å². The molecule has 0 bridgehead atoms. The van der Waals surface area contributed by atoms with Gasteiger partial charge in [0.2, 0.25) is 17.7 Å². The molecule has 3 amide bonds. The highest BCUT2D eigenvalue weighted by atomic mass is 16.4. The van der Waals surface area contributed by atoms with Crippen LogP contribution in [0.25, 0.3) is 0 Å². The highest BCUT2D eigenvalue weighted by Crippen LogP contribution is 2.17. The van der Waals surface area contributed by atoms with Gasteiger partial charge in [0.25, 0.3) is 0 Å². The van der Waals surface area contributed by atoms with E-state index in [9.17, 15) is 24.0 Å². The van der Waals surface area contributed by atoms with Gasteiger partial charge in [-0.3, -0.25) is 19.2 Å². The number of carbonyl (C=O) groups is 5. The Labute approximate surface area is 169 Å². The van der Waals surface area contributed by atoms with Crippen LogP contribution in [-0.4, -0.2) is 76.0 Å². The van der Waals surface area contributed by atoms with Crippen LogP contribution in [0.15, 0.2) is 0 Å². The molecule has 0 aromatic rings. The molecular weight excluding hydrogens is 384 g/mol. The Kier molecular flexibility index (Phi) is 9.53. The molecule has 1 heterocycles. The molecule has 0 spiro atoms. The molecule has 1 aliphatic heterocycles. The van der Waals surface area contributed by atoms with E-state index in [0.29, 0.717) is 25.8 Å². The molecular formula is C18H30N4O7. The number of carboxylic acid groups (broad SMARTS) is 2. The van der Waals surface area contributed by atoms with Crippen molar-refractivity contribution in [3.63, 3.8) is 0 Å². The van der Waals surface area contributed by atoms with Crippen LogP contribution < -0.4 is 16.4 Å². The molecule has 0 aliphatic carbocycles. The van der Waals surface area contributed by atoms with Gasteiger partial charge in [0, 0.05) is 13.0 Å². The van der Waals surface area contributed by atoms with Gasteiger partial charge in [-0.25, -0.2) is 4.79 Å². The molecule has 1 fully saturated rings. The zero-order chi connectivity index (χ0) is 22.1. The minimum absolute atomic E-state index is 0.0481. The summed E-state index contributed by atoms with van der Waals surface area (Å²) >= 11 is 0. The minimum Gasteiger partial charge on any atom is -0.481 e. The summed E-state index contributed by atoms with van der Waals surface area (Å²) in [6.45, 7) is 3.64. The van der Waals surface area contributed by atoms with E-state index in [0.717, 1.165) is 0 Å². The Morgan fingerprint density at radius 2 is 1.79 bits per heavy atom. The van der Waals surface area contributed by atoms with Gasteiger partial charge >= 0.3 is 11.9 Å². The molecule has 0 unspecified atom stereocenters. The Hall–Kier alpha value is -2.69. The Balaban J connectivity index is 2.64. The van der Waals surface area contributed by atoms with Gasteiger partial charge in [-0.05, 0) is 31.6 Å². The summed E-state index contributed by atoms with van der Waals surface area (Å²) in [5, 5.41) is 22.8. The lowest BCUT2D eigenvalue weighted by molar-refractivity contribution is -0.148. The summed E-state index contributed by atoms with van der Waals surface area (Å²) in [4.78, 5) is 59.9. The molecule has 29 heavy (non-hydrogen) atoms. The molecule has 0 aromatic carbocycles. The molecule has 1 saturated heterocycles. The third-order valence-corrected chi connectivity index (χ3v) is 4.62. The van der Waals surface area contributed by atoms with Crippen molar-refractivity contribution in [2.75, 3.05) is 13.1 Å². The summed E-state index contributed by atoms with van der Waals surface area (Å²) in [6, 6.07) is -2.91. The summed E-state index contributed by atoms with van der Waals surface area (Å²) in [5.41, 5.74) is 5.67. The van der Waals surface area contributed by atoms with Gasteiger partial charge in [0.05, 0.1) is 12.6 Å². The first kappa shape index (κ1) is 24.3. The van der Waals surface area contributed by atoms with Crippen molar-refractivity contribution >= 4 is 29.7 Å². The molecule has 6 N–H and O–H groups in total. The second kappa shape index (κ2) is 11.3. The lowest BCUT2D eigenvalue weighted by Gasteiger charge is -2.24. The van der Waals surface area contributed by atoms with Gasteiger partial charge < -0.3 is 31.5 Å². The predicted molar refractivity (Wildman–Crippen MR) is 102 cm³/mol. The van der Waals surface area contributed by atoms with Crippen molar-refractivity contribution in [1.29, 1.82) is 0 Å². The second-order valence-corrected chi connectivity index (χ2v) is 7.53. The molecule has 164 valence electrons. The fraction of sp³-hybridized carbons (Fsp3) is 0.722. The van der Waals surface area contributed by atoms with Gasteiger partial charge in [-0.2, -0.15) is 0 Å². The van der Waals surface area contributed by atoms with Crippen LogP contribution in [0, 0.1) is 5.92 Å². The molecule has 11 heteroatoms. The SMILES string of the molecule is CC(C)C[C@H](NC(=O)[C@@H](N)CCC(=O)O)C(=O)NCC(=O)N1CCC[C@H]1C(=O)O. The van der Waals surface area contributed by atoms with E-state index in [1.165, 1.54) is 4.90 Å². The Bertz CT molecular complexity index is 638. The third kappa shape index (κ3) is 8.06. The van der Waals surface area contributed by atoms with Crippen LogP contribution in [0.2, 0.25) is 0 Å². The largest absolute Gasteiger partial charge is 0.481 e. The molecule has 0 radical (unpaired) electrons. The summed E-state index contributed by atoms with van der Waals surface area (Å²) < 4.78 is 0. The minimum atomic E-state index is -1.08. The van der Waals surface area contributed by atoms with Crippen LogP contribution in [0.1, 0.15) is 46.0 Å². The summed E-state index contributed by atoms with van der Waals surface area (Å²) in [6.07, 6.45) is 0.900. The average Bonchev–Trinajstić information content (AvgIpc) is 3.12. The fourth-order valence-electron chi connectivity index (χ4n) is 3.10. The Morgan fingerprint density at radius 1 is 1.14 bits per heavy atom. The third-order valence-electron chi connectivity index (χ3n) is 4.62. The Morgan fingerprint density at radius 3 is 2.34 bits per heavy atom. The maximum absolute atomic E-state index is 12.5. The summed E-state index contributed by atoms with van der Waals surface area (Å²) in [7, 11) is 0. The first-order valence-electron chi connectivity index (χ1n) is 9.60. The van der Waals surface area contributed by atoms with Crippen molar-refractivity contribution in [2.24, 2.45) is 11.7 Å². The number of rotatable bonds is 11. The number of hydrogen-bond acceptors (Lipinski definition) is 6. The van der Waals surface area contributed by atoms with E-state index in [-0.39, 0.29) is 25.3 Å². The maximum atomic E-state index is 12.5. The van der Waals surface area contributed by atoms with E-state index in [2.05, 4.69) is 10.6 Å². The second-order valence-electron chi connectivity index (χ2n) is 7.53. The van der Waals surface area contributed by atoms with Crippen molar-refractivity contribution in [2.45, 2.75) is 64.1 Å². The molecule has 0 aromatic heterocycles. The predicted octanol–water partition coefficient (Wildman–Crippen LogP) is -1.10. The lowest BCUT2D eigenvalue weighted by atomic mass is 10.0. The van der Waals surface area contributed by atoms with Crippen molar-refractivity contribution in [3.05, 3.63) is 0 Å². The fourth-order valence-corrected chi connectivity index (χ4v) is 3.10. The quantitative estimate of drug-likeness (QED) is 0.283. The highest BCUT2D eigenvalue weighted by Gasteiger charge is 2.34. The monoisotopic (exact) mass is 414 g/mol. The number of nitrogens with zero attached hydrogens (tertiary/aromatic N) is 1. The van der Waals surface area contributed by atoms with E-state index in [1.54, 1.807) is 0 Å². The zero-order valence-electron chi connectivity index (χ0n) is 16.7. The number of carbonyl (C=O) groups excluding carboxylic acids is 3. The topological polar surface area (TPSA) is 179 Å². The number of nitrogens with one attached hydrogen (secondary N) is 2.